The number of H-pyrrole nitrogens is 1. The number of hydrogen-bond donors (Lipinski definition) is 2. The Bertz CT molecular complexity index is 1110. The van der Waals surface area contributed by atoms with Crippen molar-refractivity contribution in [2.75, 3.05) is 0 Å². The zero-order valence-corrected chi connectivity index (χ0v) is 15.9. The highest BCUT2D eigenvalue weighted by atomic mass is 32.2. The van der Waals surface area contributed by atoms with E-state index >= 15 is 0 Å². The van der Waals surface area contributed by atoms with Gasteiger partial charge in [0.2, 0.25) is 0 Å². The molecule has 3 rings (SSSR count). The third-order valence-electron chi connectivity index (χ3n) is 4.48. The van der Waals surface area contributed by atoms with Gasteiger partial charge in [0, 0.05) is 0 Å². The molecule has 3 atom stereocenters. The van der Waals surface area contributed by atoms with E-state index < -0.39 is 39.7 Å². The summed E-state index contributed by atoms with van der Waals surface area (Å²) in [6.45, 7) is 4.72. The average Bonchev–Trinajstić information content (AvgIpc) is 2.99. The lowest BCUT2D eigenvalue weighted by atomic mass is 10.1. The Hall–Kier alpha value is -2.53. The molecule has 0 saturated heterocycles. The Morgan fingerprint density at radius 3 is 2.36 bits per heavy atom. The zero-order valence-electron chi connectivity index (χ0n) is 15.1. The van der Waals surface area contributed by atoms with Crippen molar-refractivity contribution in [2.24, 2.45) is 0 Å². The number of fused-ring (bicyclic) bond motifs is 1. The van der Waals surface area contributed by atoms with Crippen molar-refractivity contribution >= 4 is 22.1 Å². The Kier molecular flexibility index (Phi) is 5.15. The number of hydrogen-bond acceptors (Lipinski definition) is 4. The van der Waals surface area contributed by atoms with Gasteiger partial charge in [-0.2, -0.15) is 18.3 Å². The van der Waals surface area contributed by atoms with Gasteiger partial charge in [-0.15, -0.1) is 0 Å². The number of aromatic nitrogens is 4. The highest BCUT2D eigenvalue weighted by Crippen LogP contribution is 2.32. The van der Waals surface area contributed by atoms with Crippen molar-refractivity contribution in [3.05, 3.63) is 57.3 Å². The molecule has 1 aromatic carbocycles. The Morgan fingerprint density at radius 1 is 1.21 bits per heavy atom. The lowest BCUT2D eigenvalue weighted by molar-refractivity contribution is -0.137. The van der Waals surface area contributed by atoms with E-state index in [0.29, 0.717) is 11.4 Å². The molecule has 2 N–H and O–H groups in total. The highest BCUT2D eigenvalue weighted by molar-refractivity contribution is 7.79. The van der Waals surface area contributed by atoms with Crippen molar-refractivity contribution in [1.29, 1.82) is 0 Å². The first kappa shape index (κ1) is 20.2. The summed E-state index contributed by atoms with van der Waals surface area (Å²) in [5.41, 5.74) is -0.462. The number of halogens is 3. The third-order valence-corrected chi connectivity index (χ3v) is 5.31. The second-order valence-electron chi connectivity index (χ2n) is 6.39. The van der Waals surface area contributed by atoms with E-state index in [9.17, 15) is 26.7 Å². The summed E-state index contributed by atoms with van der Waals surface area (Å²) in [6.07, 6.45) is -4.44. The number of rotatable bonds is 4. The molecule has 3 aromatic rings. The van der Waals surface area contributed by atoms with E-state index in [0.717, 1.165) is 12.1 Å². The first-order valence-electron chi connectivity index (χ1n) is 8.26. The molecule has 0 aliphatic rings. The predicted octanol–water partition coefficient (Wildman–Crippen LogP) is 3.34. The van der Waals surface area contributed by atoms with Crippen LogP contribution in [0.1, 0.15) is 47.8 Å². The van der Waals surface area contributed by atoms with Gasteiger partial charge in [-0.05, 0) is 38.5 Å². The molecule has 0 saturated carbocycles. The molecule has 7 nitrogen and oxygen atoms in total. The van der Waals surface area contributed by atoms with Gasteiger partial charge in [0.1, 0.15) is 16.5 Å². The number of nitrogens with one attached hydrogen (secondary N) is 1. The molecule has 0 fully saturated rings. The van der Waals surface area contributed by atoms with Crippen LogP contribution in [0.3, 0.4) is 0 Å². The van der Waals surface area contributed by atoms with Gasteiger partial charge in [-0.25, -0.2) is 13.9 Å². The van der Waals surface area contributed by atoms with E-state index in [2.05, 4.69) is 15.1 Å². The molecule has 28 heavy (non-hydrogen) atoms. The fourth-order valence-electron chi connectivity index (χ4n) is 2.92. The second kappa shape index (κ2) is 7.13. The molecular formula is C17H17F3N4O3S. The predicted molar refractivity (Wildman–Crippen MR) is 97.3 cm³/mol. The Morgan fingerprint density at radius 2 is 1.82 bits per heavy atom. The van der Waals surface area contributed by atoms with Gasteiger partial charge in [-0.1, -0.05) is 12.1 Å². The monoisotopic (exact) mass is 414 g/mol. The molecule has 2 heterocycles. The van der Waals surface area contributed by atoms with Gasteiger partial charge in [0.05, 0.1) is 17.3 Å². The SMILES string of the molecule is Cc1nc2c(c([C@@H](C)S(=O)O)nn2[C@H](C)c2ccc(C(F)(F)F)cc2)c(=O)[nH]1. The van der Waals surface area contributed by atoms with Gasteiger partial charge in [0.15, 0.2) is 16.7 Å². The van der Waals surface area contributed by atoms with Crippen LogP contribution >= 0.6 is 0 Å². The molecule has 150 valence electrons. The number of aromatic amines is 1. The van der Waals surface area contributed by atoms with Crippen LogP contribution in [0.5, 0.6) is 0 Å². The summed E-state index contributed by atoms with van der Waals surface area (Å²) >= 11 is -2.27. The van der Waals surface area contributed by atoms with Crippen molar-refractivity contribution in [3.63, 3.8) is 0 Å². The summed E-state index contributed by atoms with van der Waals surface area (Å²) in [5, 5.41) is 3.45. The lowest BCUT2D eigenvalue weighted by Crippen LogP contribution is -2.14. The van der Waals surface area contributed by atoms with Crippen LogP contribution in [-0.2, 0) is 17.3 Å². The molecule has 11 heteroatoms. The molecule has 0 aliphatic heterocycles. The number of aryl methyl sites for hydroxylation is 1. The van der Waals surface area contributed by atoms with Gasteiger partial charge in [0.25, 0.3) is 5.56 Å². The normalized spacial score (nSPS) is 15.5. The van der Waals surface area contributed by atoms with Gasteiger partial charge in [-0.3, -0.25) is 4.79 Å². The van der Waals surface area contributed by atoms with Crippen LogP contribution in [0.25, 0.3) is 11.0 Å². The van der Waals surface area contributed by atoms with Crippen LogP contribution in [0.15, 0.2) is 29.1 Å². The third kappa shape index (κ3) is 3.59. The van der Waals surface area contributed by atoms with Crippen molar-refractivity contribution < 1.29 is 21.9 Å². The summed E-state index contributed by atoms with van der Waals surface area (Å²) in [5.74, 6) is 0.322. The molecule has 0 radical (unpaired) electrons. The maximum absolute atomic E-state index is 12.8. The van der Waals surface area contributed by atoms with Crippen molar-refractivity contribution in [1.82, 2.24) is 19.7 Å². The van der Waals surface area contributed by atoms with Crippen LogP contribution < -0.4 is 5.56 Å². The van der Waals surface area contributed by atoms with E-state index in [4.69, 9.17) is 0 Å². The molecule has 1 unspecified atom stereocenters. The molecule has 2 aromatic heterocycles. The summed E-state index contributed by atoms with van der Waals surface area (Å²) in [6, 6.07) is 4.03. The minimum atomic E-state index is -4.44. The van der Waals surface area contributed by atoms with Crippen LogP contribution in [-0.4, -0.2) is 28.5 Å². The first-order valence-corrected chi connectivity index (χ1v) is 9.43. The smallest absolute Gasteiger partial charge is 0.310 e. The molecule has 0 bridgehead atoms. The minimum absolute atomic E-state index is 0.0826. The molecular weight excluding hydrogens is 397 g/mol. The fourth-order valence-corrected chi connectivity index (χ4v) is 3.28. The van der Waals surface area contributed by atoms with Crippen molar-refractivity contribution in [2.45, 2.75) is 38.2 Å². The fraction of sp³-hybridized carbons (Fsp3) is 0.353. The summed E-state index contributed by atoms with van der Waals surface area (Å²) in [4.78, 5) is 19.2. The van der Waals surface area contributed by atoms with E-state index in [-0.39, 0.29) is 16.7 Å². The van der Waals surface area contributed by atoms with Crippen LogP contribution in [0.4, 0.5) is 13.2 Å². The van der Waals surface area contributed by atoms with Gasteiger partial charge >= 0.3 is 6.18 Å². The molecule has 0 spiro atoms. The number of benzene rings is 1. The average molecular weight is 414 g/mol. The maximum atomic E-state index is 12.8. The van der Waals surface area contributed by atoms with E-state index in [1.807, 2.05) is 0 Å². The second-order valence-corrected chi connectivity index (χ2v) is 7.65. The number of nitrogens with zero attached hydrogens (tertiary/aromatic N) is 3. The zero-order chi connectivity index (χ0) is 20.8. The first-order chi connectivity index (χ1) is 13.0. The minimum Gasteiger partial charge on any atom is -0.310 e. The Labute approximate surface area is 159 Å². The topological polar surface area (TPSA) is 101 Å². The van der Waals surface area contributed by atoms with Crippen LogP contribution in [0.2, 0.25) is 0 Å². The largest absolute Gasteiger partial charge is 0.416 e. The summed E-state index contributed by atoms with van der Waals surface area (Å²) in [7, 11) is 0. The summed E-state index contributed by atoms with van der Waals surface area (Å²) < 4.78 is 60.7. The highest BCUT2D eigenvalue weighted by Gasteiger charge is 2.31. The Balaban J connectivity index is 2.17. The molecule has 0 amide bonds. The lowest BCUT2D eigenvalue weighted by Gasteiger charge is -2.15. The standard InChI is InChI=1S/C17H17F3N4O3S/c1-8(11-4-6-12(7-5-11)17(18,19)20)24-15-13(16(25)22-10(3)21-15)14(23-24)9(2)28(26)27/h4-9H,1-3H3,(H,26,27)(H,21,22,25)/t8-,9-/m1/s1. The van der Waals surface area contributed by atoms with Crippen LogP contribution in [0, 0.1) is 6.92 Å². The molecule has 0 aliphatic carbocycles. The van der Waals surface area contributed by atoms with Crippen molar-refractivity contribution in [3.8, 4) is 0 Å². The quantitative estimate of drug-likeness (QED) is 0.638. The van der Waals surface area contributed by atoms with E-state index in [1.165, 1.54) is 23.7 Å². The van der Waals surface area contributed by atoms with E-state index in [1.54, 1.807) is 13.8 Å². The number of alkyl halides is 3. The van der Waals surface area contributed by atoms with Gasteiger partial charge < -0.3 is 9.54 Å². The maximum Gasteiger partial charge on any atom is 0.416 e.